The quantitative estimate of drug-likeness (QED) is 0.719. The second-order valence-electron chi connectivity index (χ2n) is 3.84. The maximum atomic E-state index is 11.7. The number of benzene rings is 1. The van der Waals surface area contributed by atoms with E-state index in [0.717, 1.165) is 18.5 Å². The Kier molecular flexibility index (Phi) is 3.25. The van der Waals surface area contributed by atoms with Gasteiger partial charge in [-0.3, -0.25) is 4.79 Å². The van der Waals surface area contributed by atoms with Crippen molar-refractivity contribution >= 4 is 11.7 Å². The summed E-state index contributed by atoms with van der Waals surface area (Å²) < 4.78 is 5.60. The number of carbonyl (C=O) groups excluding carboxylic acids is 1. The third kappa shape index (κ3) is 2.42. The van der Waals surface area contributed by atoms with E-state index in [-0.39, 0.29) is 5.91 Å². The van der Waals surface area contributed by atoms with Crippen molar-refractivity contribution in [2.45, 2.75) is 6.42 Å². The average molecular weight is 217 g/mol. The van der Waals surface area contributed by atoms with Gasteiger partial charge in [0.25, 0.3) is 0 Å². The maximum Gasteiger partial charge on any atom is 0.250 e. The van der Waals surface area contributed by atoms with Gasteiger partial charge in [-0.05, 0) is 6.42 Å². The van der Waals surface area contributed by atoms with Crippen LogP contribution in [-0.4, -0.2) is 31.0 Å². The molecule has 16 heavy (non-hydrogen) atoms. The number of amides is 1. The summed E-state index contributed by atoms with van der Waals surface area (Å²) in [6.07, 6.45) is 2.43. The molecule has 0 fully saturated rings. The van der Waals surface area contributed by atoms with Crippen LogP contribution in [0.5, 0.6) is 0 Å². The molecule has 0 atom stereocenters. The van der Waals surface area contributed by atoms with Crippen LogP contribution in [0.1, 0.15) is 12.0 Å². The number of nitrogens with zero attached hydrogens (tertiary/aromatic N) is 1. The zero-order valence-electron chi connectivity index (χ0n) is 9.35. The lowest BCUT2D eigenvalue weighted by atomic mass is 10.1. The second kappa shape index (κ2) is 4.84. The van der Waals surface area contributed by atoms with Gasteiger partial charge in [-0.15, -0.1) is 0 Å². The van der Waals surface area contributed by atoms with Crippen molar-refractivity contribution in [1.29, 1.82) is 0 Å². The number of hydrogen-bond acceptors (Lipinski definition) is 2. The molecule has 1 aromatic rings. The fourth-order valence-corrected chi connectivity index (χ4v) is 1.63. The summed E-state index contributed by atoms with van der Waals surface area (Å²) in [5.74, 6) is 0.663. The van der Waals surface area contributed by atoms with Crippen LogP contribution >= 0.6 is 0 Å². The van der Waals surface area contributed by atoms with Crippen LogP contribution < -0.4 is 0 Å². The van der Waals surface area contributed by atoms with E-state index in [1.54, 1.807) is 11.0 Å². The fourth-order valence-electron chi connectivity index (χ4n) is 1.63. The highest BCUT2D eigenvalue weighted by atomic mass is 16.5. The van der Waals surface area contributed by atoms with Crippen LogP contribution in [0, 0.1) is 0 Å². The van der Waals surface area contributed by atoms with E-state index in [1.165, 1.54) is 0 Å². The number of hydrogen-bond donors (Lipinski definition) is 0. The van der Waals surface area contributed by atoms with Crippen LogP contribution in [0.3, 0.4) is 0 Å². The van der Waals surface area contributed by atoms with E-state index >= 15 is 0 Å². The van der Waals surface area contributed by atoms with Crippen molar-refractivity contribution < 1.29 is 9.53 Å². The van der Waals surface area contributed by atoms with Gasteiger partial charge in [0.2, 0.25) is 5.91 Å². The molecule has 0 N–H and O–H groups in total. The van der Waals surface area contributed by atoms with E-state index in [1.807, 2.05) is 37.4 Å². The molecule has 1 amide bonds. The lowest BCUT2D eigenvalue weighted by Gasteiger charge is -2.20. The second-order valence-corrected chi connectivity index (χ2v) is 3.84. The highest BCUT2D eigenvalue weighted by Gasteiger charge is 2.13. The highest BCUT2D eigenvalue weighted by Crippen LogP contribution is 2.17. The highest BCUT2D eigenvalue weighted by molar-refractivity contribution is 5.93. The molecule has 3 nitrogen and oxygen atoms in total. The van der Waals surface area contributed by atoms with Crippen LogP contribution in [0.4, 0.5) is 0 Å². The molecule has 1 heterocycles. The standard InChI is InChI=1S/C13H15NO2/c1-14-8-5-9-16-12(10-13(14)15)11-6-3-2-4-7-11/h2-4,6-7,10H,5,8-9H2,1H3/b12-10-. The molecule has 0 saturated heterocycles. The number of ether oxygens (including phenoxy) is 1. The fraction of sp³-hybridized carbons (Fsp3) is 0.308. The molecule has 0 aliphatic carbocycles. The maximum absolute atomic E-state index is 11.7. The molecule has 0 aromatic heterocycles. The average Bonchev–Trinajstić information content (AvgIpc) is 2.31. The van der Waals surface area contributed by atoms with Crippen molar-refractivity contribution in [1.82, 2.24) is 4.90 Å². The molecule has 1 aliphatic heterocycles. The van der Waals surface area contributed by atoms with E-state index in [4.69, 9.17) is 4.74 Å². The van der Waals surface area contributed by atoms with Crippen molar-refractivity contribution in [3.8, 4) is 0 Å². The summed E-state index contributed by atoms with van der Waals surface area (Å²) in [5.41, 5.74) is 0.950. The summed E-state index contributed by atoms with van der Waals surface area (Å²) in [6.45, 7) is 1.40. The Balaban J connectivity index is 2.28. The van der Waals surface area contributed by atoms with Gasteiger partial charge in [0.05, 0.1) is 6.61 Å². The number of carbonyl (C=O) groups is 1. The predicted octanol–water partition coefficient (Wildman–Crippen LogP) is 1.91. The SMILES string of the molecule is CN1CCCO/C(c2ccccc2)=C\C1=O. The molecule has 1 aliphatic rings. The Hall–Kier alpha value is -1.77. The van der Waals surface area contributed by atoms with E-state index in [2.05, 4.69) is 0 Å². The Morgan fingerprint density at radius 3 is 2.75 bits per heavy atom. The van der Waals surface area contributed by atoms with Crippen LogP contribution in [-0.2, 0) is 9.53 Å². The summed E-state index contributed by atoms with van der Waals surface area (Å²) in [4.78, 5) is 13.4. The summed E-state index contributed by atoms with van der Waals surface area (Å²) in [6, 6.07) is 9.71. The largest absolute Gasteiger partial charge is 0.493 e. The first-order valence-electron chi connectivity index (χ1n) is 5.42. The third-order valence-corrected chi connectivity index (χ3v) is 2.58. The molecule has 0 saturated carbocycles. The topological polar surface area (TPSA) is 29.5 Å². The smallest absolute Gasteiger partial charge is 0.250 e. The van der Waals surface area contributed by atoms with Gasteiger partial charge < -0.3 is 9.64 Å². The molecule has 2 rings (SSSR count). The lowest BCUT2D eigenvalue weighted by molar-refractivity contribution is -0.125. The molecule has 0 spiro atoms. The van der Waals surface area contributed by atoms with Gasteiger partial charge in [-0.1, -0.05) is 30.3 Å². The first-order valence-corrected chi connectivity index (χ1v) is 5.42. The van der Waals surface area contributed by atoms with E-state index < -0.39 is 0 Å². The van der Waals surface area contributed by atoms with Crippen molar-refractivity contribution in [2.24, 2.45) is 0 Å². The monoisotopic (exact) mass is 217 g/mol. The molecule has 84 valence electrons. The minimum Gasteiger partial charge on any atom is -0.493 e. The van der Waals surface area contributed by atoms with E-state index in [9.17, 15) is 4.79 Å². The number of likely N-dealkylation sites (N-methyl/N-ethyl adjacent to an activating group) is 1. The minimum absolute atomic E-state index is 0.00134. The molecule has 0 radical (unpaired) electrons. The van der Waals surface area contributed by atoms with Crippen molar-refractivity contribution in [3.63, 3.8) is 0 Å². The van der Waals surface area contributed by atoms with Crippen LogP contribution in [0.15, 0.2) is 36.4 Å². The van der Waals surface area contributed by atoms with Gasteiger partial charge in [0.15, 0.2) is 0 Å². The predicted molar refractivity (Wildman–Crippen MR) is 62.6 cm³/mol. The molecule has 1 aromatic carbocycles. The van der Waals surface area contributed by atoms with Gasteiger partial charge in [-0.2, -0.15) is 0 Å². The minimum atomic E-state index is -0.00134. The molecule has 0 bridgehead atoms. The molecule has 0 unspecified atom stereocenters. The Bertz CT molecular complexity index is 398. The van der Waals surface area contributed by atoms with E-state index in [0.29, 0.717) is 12.4 Å². The summed E-state index contributed by atoms with van der Waals surface area (Å²) >= 11 is 0. The van der Waals surface area contributed by atoms with Gasteiger partial charge in [0.1, 0.15) is 5.76 Å². The van der Waals surface area contributed by atoms with Gasteiger partial charge in [-0.25, -0.2) is 0 Å². The van der Waals surface area contributed by atoms with Crippen molar-refractivity contribution in [2.75, 3.05) is 20.2 Å². The van der Waals surface area contributed by atoms with Crippen LogP contribution in [0.2, 0.25) is 0 Å². The van der Waals surface area contributed by atoms with Gasteiger partial charge >= 0.3 is 0 Å². The number of rotatable bonds is 1. The molecular formula is C13H15NO2. The molecular weight excluding hydrogens is 202 g/mol. The summed E-state index contributed by atoms with van der Waals surface area (Å²) in [7, 11) is 1.81. The van der Waals surface area contributed by atoms with Crippen LogP contribution in [0.25, 0.3) is 5.76 Å². The first kappa shape index (κ1) is 10.7. The molecule has 3 heteroatoms. The third-order valence-electron chi connectivity index (χ3n) is 2.58. The van der Waals surface area contributed by atoms with Crippen molar-refractivity contribution in [3.05, 3.63) is 42.0 Å². The summed E-state index contributed by atoms with van der Waals surface area (Å²) in [5, 5.41) is 0. The van der Waals surface area contributed by atoms with Gasteiger partial charge in [0, 0.05) is 25.2 Å². The Morgan fingerprint density at radius 1 is 1.25 bits per heavy atom. The first-order chi connectivity index (χ1) is 7.77. The lowest BCUT2D eigenvalue weighted by Crippen LogP contribution is -2.28. The normalized spacial score (nSPS) is 20.4. The zero-order valence-corrected chi connectivity index (χ0v) is 9.35. The Morgan fingerprint density at radius 2 is 2.00 bits per heavy atom. The Labute approximate surface area is 95.3 Å². The zero-order chi connectivity index (χ0) is 11.4.